The van der Waals surface area contributed by atoms with Gasteiger partial charge in [-0.25, -0.2) is 8.78 Å². The third-order valence-electron chi connectivity index (χ3n) is 3.60. The highest BCUT2D eigenvalue weighted by Gasteiger charge is 2.16. The first-order valence-electron chi connectivity index (χ1n) is 8.38. The van der Waals surface area contributed by atoms with E-state index in [-0.39, 0.29) is 19.7 Å². The molecule has 6 heteroatoms. The Bertz CT molecular complexity index is 632. The Hall–Kier alpha value is -1.76. The average Bonchev–Trinajstić information content (AvgIpc) is 3.02. The Kier molecular flexibility index (Phi) is 7.55. The van der Waals surface area contributed by atoms with E-state index >= 15 is 0 Å². The van der Waals surface area contributed by atoms with Gasteiger partial charge in [-0.1, -0.05) is 19.9 Å². The zero-order valence-corrected chi connectivity index (χ0v) is 14.6. The van der Waals surface area contributed by atoms with Gasteiger partial charge in [0.25, 0.3) is 0 Å². The van der Waals surface area contributed by atoms with Gasteiger partial charge < -0.3 is 14.3 Å². The van der Waals surface area contributed by atoms with Gasteiger partial charge in [0.1, 0.15) is 17.4 Å². The van der Waals surface area contributed by atoms with E-state index in [0.29, 0.717) is 30.4 Å². The van der Waals surface area contributed by atoms with E-state index in [1.165, 1.54) is 12.1 Å². The number of benzene rings is 1. The van der Waals surface area contributed by atoms with E-state index in [0.717, 1.165) is 6.07 Å². The normalized spacial score (nSPS) is 12.9. The fourth-order valence-electron chi connectivity index (χ4n) is 2.49. The maximum Gasteiger partial charge on any atom is 0.130 e. The molecule has 1 heterocycles. The molecular formula is C19H25F2NO3. The molecule has 0 aliphatic carbocycles. The van der Waals surface area contributed by atoms with E-state index in [2.05, 4.69) is 0 Å². The Morgan fingerprint density at radius 1 is 1.16 bits per heavy atom. The van der Waals surface area contributed by atoms with Gasteiger partial charge in [0.05, 0.1) is 25.5 Å². The first kappa shape index (κ1) is 19.6. The molecule has 0 bridgehead atoms. The molecule has 138 valence electrons. The van der Waals surface area contributed by atoms with Crippen molar-refractivity contribution in [1.82, 2.24) is 4.90 Å². The number of ether oxygens (including phenoxy) is 1. The summed E-state index contributed by atoms with van der Waals surface area (Å²) in [6, 6.07) is 7.10. The third-order valence-corrected chi connectivity index (χ3v) is 3.60. The van der Waals surface area contributed by atoms with Gasteiger partial charge in [0, 0.05) is 31.3 Å². The first-order chi connectivity index (χ1) is 11.9. The fourth-order valence-corrected chi connectivity index (χ4v) is 2.49. The summed E-state index contributed by atoms with van der Waals surface area (Å²) in [7, 11) is 0. The average molecular weight is 353 g/mol. The summed E-state index contributed by atoms with van der Waals surface area (Å²) in [4.78, 5) is 1.85. The number of aliphatic hydroxyl groups is 1. The second-order valence-corrected chi connectivity index (χ2v) is 6.57. The predicted octanol–water partition coefficient (Wildman–Crippen LogP) is 3.59. The highest BCUT2D eigenvalue weighted by atomic mass is 19.1. The maximum atomic E-state index is 13.9. The van der Waals surface area contributed by atoms with Crippen molar-refractivity contribution >= 4 is 0 Å². The Morgan fingerprint density at radius 2 is 1.96 bits per heavy atom. The van der Waals surface area contributed by atoms with Crippen LogP contribution in [0.25, 0.3) is 0 Å². The molecule has 25 heavy (non-hydrogen) atoms. The SMILES string of the molecule is CC(C)COC[C@H](O)CN(Cc1ccco1)Cc1ccc(F)cc1F. The lowest BCUT2D eigenvalue weighted by Crippen LogP contribution is -2.34. The van der Waals surface area contributed by atoms with Crippen LogP contribution in [0.2, 0.25) is 0 Å². The maximum absolute atomic E-state index is 13.9. The van der Waals surface area contributed by atoms with Crippen molar-refractivity contribution in [2.75, 3.05) is 19.8 Å². The molecule has 0 fully saturated rings. The number of rotatable bonds is 10. The molecule has 0 saturated heterocycles. The molecule has 2 aromatic rings. The van der Waals surface area contributed by atoms with Gasteiger partial charge in [-0.2, -0.15) is 0 Å². The molecule has 4 nitrogen and oxygen atoms in total. The van der Waals surface area contributed by atoms with Crippen molar-refractivity contribution in [3.63, 3.8) is 0 Å². The van der Waals surface area contributed by atoms with Crippen LogP contribution in [-0.4, -0.2) is 35.9 Å². The van der Waals surface area contributed by atoms with Crippen molar-refractivity contribution < 1.29 is 23.0 Å². The van der Waals surface area contributed by atoms with Gasteiger partial charge in [0.15, 0.2) is 0 Å². The summed E-state index contributed by atoms with van der Waals surface area (Å²) in [6.07, 6.45) is 0.853. The van der Waals surface area contributed by atoms with E-state index in [4.69, 9.17) is 9.15 Å². The summed E-state index contributed by atoms with van der Waals surface area (Å²) < 4.78 is 37.8. The molecule has 0 aliphatic rings. The van der Waals surface area contributed by atoms with Crippen molar-refractivity contribution in [2.24, 2.45) is 5.92 Å². The van der Waals surface area contributed by atoms with Gasteiger partial charge in [0.2, 0.25) is 0 Å². The number of furan rings is 1. The number of hydrogen-bond acceptors (Lipinski definition) is 4. The van der Waals surface area contributed by atoms with Gasteiger partial charge in [-0.3, -0.25) is 4.90 Å². The Morgan fingerprint density at radius 3 is 2.60 bits per heavy atom. The highest BCUT2D eigenvalue weighted by molar-refractivity contribution is 5.18. The molecule has 0 aliphatic heterocycles. The molecule has 0 radical (unpaired) electrons. The van der Waals surface area contributed by atoms with Crippen molar-refractivity contribution in [3.05, 3.63) is 59.6 Å². The van der Waals surface area contributed by atoms with Crippen LogP contribution in [0.15, 0.2) is 41.0 Å². The molecular weight excluding hydrogens is 328 g/mol. The zero-order chi connectivity index (χ0) is 18.2. The van der Waals surface area contributed by atoms with Crippen LogP contribution in [0.5, 0.6) is 0 Å². The van der Waals surface area contributed by atoms with Gasteiger partial charge in [-0.15, -0.1) is 0 Å². The van der Waals surface area contributed by atoms with Crippen LogP contribution in [0, 0.1) is 17.6 Å². The van der Waals surface area contributed by atoms with Gasteiger partial charge in [-0.05, 0) is 24.1 Å². The summed E-state index contributed by atoms with van der Waals surface area (Å²) in [6.45, 7) is 5.77. The number of hydrogen-bond donors (Lipinski definition) is 1. The van der Waals surface area contributed by atoms with Crippen LogP contribution >= 0.6 is 0 Å². The van der Waals surface area contributed by atoms with E-state index in [1.54, 1.807) is 12.3 Å². The number of nitrogens with zero attached hydrogens (tertiary/aromatic N) is 1. The van der Waals surface area contributed by atoms with E-state index in [1.807, 2.05) is 24.8 Å². The van der Waals surface area contributed by atoms with Crippen LogP contribution in [0.1, 0.15) is 25.2 Å². The standard InChI is InChI=1S/C19H25F2NO3/c1-14(2)12-24-13-17(23)10-22(11-18-4-3-7-25-18)9-15-5-6-16(20)8-19(15)21/h3-8,14,17,23H,9-13H2,1-2H3/t17-/m1/s1. The van der Waals surface area contributed by atoms with Crippen molar-refractivity contribution in [1.29, 1.82) is 0 Å². The predicted molar refractivity (Wildman–Crippen MR) is 90.8 cm³/mol. The molecule has 0 spiro atoms. The summed E-state index contributed by atoms with van der Waals surface area (Å²) in [5, 5.41) is 10.2. The molecule has 0 saturated carbocycles. The molecule has 0 unspecified atom stereocenters. The highest BCUT2D eigenvalue weighted by Crippen LogP contribution is 2.15. The van der Waals surface area contributed by atoms with Crippen molar-refractivity contribution in [2.45, 2.75) is 33.0 Å². The molecule has 2 rings (SSSR count). The smallest absolute Gasteiger partial charge is 0.130 e. The van der Waals surface area contributed by atoms with Crippen LogP contribution in [-0.2, 0) is 17.8 Å². The molecule has 1 aromatic heterocycles. The topological polar surface area (TPSA) is 45.8 Å². The minimum Gasteiger partial charge on any atom is -0.468 e. The van der Waals surface area contributed by atoms with E-state index in [9.17, 15) is 13.9 Å². The third kappa shape index (κ3) is 6.94. The van der Waals surface area contributed by atoms with Gasteiger partial charge >= 0.3 is 0 Å². The number of aliphatic hydroxyl groups excluding tert-OH is 1. The lowest BCUT2D eigenvalue weighted by atomic mass is 10.1. The minimum absolute atomic E-state index is 0.207. The molecule has 1 atom stereocenters. The van der Waals surface area contributed by atoms with Crippen molar-refractivity contribution in [3.8, 4) is 0 Å². The lowest BCUT2D eigenvalue weighted by molar-refractivity contribution is 0.00444. The Balaban J connectivity index is 1.99. The summed E-state index contributed by atoms with van der Waals surface area (Å²) >= 11 is 0. The van der Waals surface area contributed by atoms with Crippen LogP contribution < -0.4 is 0 Å². The second-order valence-electron chi connectivity index (χ2n) is 6.57. The zero-order valence-electron chi connectivity index (χ0n) is 14.6. The fraction of sp³-hybridized carbons (Fsp3) is 0.474. The molecule has 1 N–H and O–H groups in total. The molecule has 1 aromatic carbocycles. The largest absolute Gasteiger partial charge is 0.468 e. The van der Waals surface area contributed by atoms with E-state index < -0.39 is 17.7 Å². The van der Waals surface area contributed by atoms with Crippen LogP contribution in [0.4, 0.5) is 8.78 Å². The second kappa shape index (κ2) is 9.65. The summed E-state index contributed by atoms with van der Waals surface area (Å²) in [5.74, 6) is -0.117. The Labute approximate surface area is 147 Å². The van der Waals surface area contributed by atoms with Crippen LogP contribution in [0.3, 0.4) is 0 Å². The molecule has 0 amide bonds. The summed E-state index contributed by atoms with van der Waals surface area (Å²) in [5.41, 5.74) is 0.364. The lowest BCUT2D eigenvalue weighted by Gasteiger charge is -2.24. The first-order valence-corrected chi connectivity index (χ1v) is 8.38. The minimum atomic E-state index is -0.711. The quantitative estimate of drug-likeness (QED) is 0.709. The monoisotopic (exact) mass is 353 g/mol. The number of halogens is 2.